The van der Waals surface area contributed by atoms with Crippen molar-refractivity contribution in [2.45, 2.75) is 77.8 Å². The summed E-state index contributed by atoms with van der Waals surface area (Å²) in [6.07, 6.45) is 3.39. The summed E-state index contributed by atoms with van der Waals surface area (Å²) >= 11 is 0. The molecule has 1 aromatic rings. The molecule has 3 amide bonds. The second-order valence-corrected chi connectivity index (χ2v) is 11.3. The van der Waals surface area contributed by atoms with E-state index in [2.05, 4.69) is 35.4 Å². The van der Waals surface area contributed by atoms with Gasteiger partial charge in [-0.15, -0.1) is 0 Å². The maximum atomic E-state index is 13.6. The summed E-state index contributed by atoms with van der Waals surface area (Å²) in [5.74, 6) is -0.00581. The molecule has 3 unspecified atom stereocenters. The lowest BCUT2D eigenvalue weighted by atomic mass is 9.84. The van der Waals surface area contributed by atoms with Gasteiger partial charge in [-0.3, -0.25) is 9.59 Å². The van der Waals surface area contributed by atoms with E-state index in [0.29, 0.717) is 31.2 Å². The molecule has 3 N–H and O–H groups in total. The van der Waals surface area contributed by atoms with E-state index in [-0.39, 0.29) is 35.6 Å². The number of likely N-dealkylation sites (tertiary alicyclic amines) is 1. The molecule has 0 bridgehead atoms. The van der Waals surface area contributed by atoms with Gasteiger partial charge in [0.25, 0.3) is 5.91 Å². The third-order valence-electron chi connectivity index (χ3n) is 8.79. The monoisotopic (exact) mass is 528 g/mol. The predicted octanol–water partition coefficient (Wildman–Crippen LogP) is 3.75. The van der Waals surface area contributed by atoms with Crippen LogP contribution >= 0.6 is 0 Å². The number of rotatable bonds is 7. The van der Waals surface area contributed by atoms with Gasteiger partial charge in [0.05, 0.1) is 5.92 Å². The van der Waals surface area contributed by atoms with E-state index in [0.717, 1.165) is 68.7 Å². The molecule has 3 aliphatic heterocycles. The second-order valence-electron chi connectivity index (χ2n) is 11.3. The normalized spacial score (nSPS) is 25.1. The third-order valence-corrected chi connectivity index (χ3v) is 8.79. The van der Waals surface area contributed by atoms with Crippen LogP contribution in [0.3, 0.4) is 0 Å². The van der Waals surface area contributed by atoms with Crippen molar-refractivity contribution in [1.82, 2.24) is 15.5 Å². The summed E-state index contributed by atoms with van der Waals surface area (Å²) in [7, 11) is 0. The fraction of sp³-hybridized carbons (Fsp3) is 0.690. The zero-order valence-electron chi connectivity index (χ0n) is 23.3. The molecule has 0 saturated carbocycles. The Morgan fingerprint density at radius 3 is 2.45 bits per heavy atom. The van der Waals surface area contributed by atoms with E-state index in [9.17, 15) is 19.5 Å². The van der Waals surface area contributed by atoms with E-state index in [4.69, 9.17) is 4.74 Å². The average molecular weight is 529 g/mol. The van der Waals surface area contributed by atoms with Crippen LogP contribution in [0.5, 0.6) is 0 Å². The first kappa shape index (κ1) is 28.2. The Morgan fingerprint density at radius 2 is 1.84 bits per heavy atom. The molecule has 0 spiro atoms. The quantitative estimate of drug-likeness (QED) is 0.497. The van der Waals surface area contributed by atoms with E-state index in [1.165, 1.54) is 4.90 Å². The third kappa shape index (κ3) is 6.25. The predicted molar refractivity (Wildman–Crippen MR) is 147 cm³/mol. The minimum absolute atomic E-state index is 0.00424. The number of carboxylic acid groups (broad SMARTS) is 1. The number of carbonyl (C=O) groups excluding carboxylic acids is 2. The van der Waals surface area contributed by atoms with E-state index >= 15 is 0 Å². The smallest absolute Gasteiger partial charge is 0.407 e. The van der Waals surface area contributed by atoms with Crippen molar-refractivity contribution in [3.63, 3.8) is 0 Å². The molecule has 38 heavy (non-hydrogen) atoms. The summed E-state index contributed by atoms with van der Waals surface area (Å²) in [5, 5.41) is 15.5. The van der Waals surface area contributed by atoms with Crippen LogP contribution in [0, 0.1) is 18.8 Å². The van der Waals surface area contributed by atoms with Gasteiger partial charge in [0.1, 0.15) is 0 Å². The molecule has 0 aliphatic carbocycles. The van der Waals surface area contributed by atoms with Gasteiger partial charge >= 0.3 is 6.09 Å². The molecule has 3 aliphatic rings. The summed E-state index contributed by atoms with van der Waals surface area (Å²) in [5.41, 5.74) is 3.74. The van der Waals surface area contributed by atoms with E-state index in [1.807, 2.05) is 19.9 Å². The van der Waals surface area contributed by atoms with Crippen molar-refractivity contribution in [2.24, 2.45) is 11.8 Å². The first-order valence-electron chi connectivity index (χ1n) is 14.2. The molecule has 1 aromatic carbocycles. The zero-order valence-corrected chi connectivity index (χ0v) is 23.3. The van der Waals surface area contributed by atoms with Gasteiger partial charge in [-0.05, 0) is 88.0 Å². The standard InChI is InChI=1S/C29H44N4O5/c1-5-33(23-8-12-38-13-9-23)26-16-22(21-6-10-32(11-7-21)29(36)37)15-24(20(26)4)27(34)30-17-25-18(2)14-19(3)31-28(25)35/h15-16,18-19,21,23,25H,5-14,17H2,1-4H3,(H,30,34)(H,31,35)(H,36,37). The number of nitrogens with zero attached hydrogens (tertiary/aromatic N) is 2. The van der Waals surface area contributed by atoms with Crippen LogP contribution in [0.25, 0.3) is 0 Å². The maximum Gasteiger partial charge on any atom is 0.407 e. The molecule has 3 heterocycles. The van der Waals surface area contributed by atoms with Crippen LogP contribution in [0.4, 0.5) is 10.5 Å². The fourth-order valence-electron chi connectivity index (χ4n) is 6.50. The van der Waals surface area contributed by atoms with Gasteiger partial charge in [-0.2, -0.15) is 0 Å². The second kappa shape index (κ2) is 12.4. The number of anilines is 1. The summed E-state index contributed by atoms with van der Waals surface area (Å²) in [6, 6.07) is 4.73. The summed E-state index contributed by atoms with van der Waals surface area (Å²) in [4.78, 5) is 41.5. The highest BCUT2D eigenvalue weighted by molar-refractivity contribution is 5.98. The molecule has 0 radical (unpaired) electrons. The maximum absolute atomic E-state index is 13.6. The fourth-order valence-corrected chi connectivity index (χ4v) is 6.50. The Bertz CT molecular complexity index is 1020. The SMILES string of the molecule is CCN(c1cc(C2CCN(C(=O)O)CC2)cc(C(=O)NCC2C(=O)NC(C)CC2C)c1C)C1CCOCC1. The Labute approximate surface area is 226 Å². The Kier molecular flexibility index (Phi) is 9.18. The van der Waals surface area contributed by atoms with Crippen molar-refractivity contribution >= 4 is 23.6 Å². The lowest BCUT2D eigenvalue weighted by Gasteiger charge is -2.38. The number of hydrogen-bond donors (Lipinski definition) is 3. The van der Waals surface area contributed by atoms with Gasteiger partial charge in [-0.1, -0.05) is 6.92 Å². The van der Waals surface area contributed by atoms with Crippen molar-refractivity contribution in [3.05, 3.63) is 28.8 Å². The number of carbonyl (C=O) groups is 3. The van der Waals surface area contributed by atoms with Crippen molar-refractivity contribution in [1.29, 1.82) is 0 Å². The topological polar surface area (TPSA) is 111 Å². The van der Waals surface area contributed by atoms with E-state index < -0.39 is 6.09 Å². The van der Waals surface area contributed by atoms with Crippen LogP contribution in [-0.4, -0.2) is 79.4 Å². The number of piperidine rings is 2. The van der Waals surface area contributed by atoms with Crippen LogP contribution in [0.2, 0.25) is 0 Å². The van der Waals surface area contributed by atoms with Crippen LogP contribution in [0.1, 0.15) is 80.3 Å². The Morgan fingerprint density at radius 1 is 1.16 bits per heavy atom. The van der Waals surface area contributed by atoms with Crippen molar-refractivity contribution in [3.8, 4) is 0 Å². The van der Waals surface area contributed by atoms with Crippen molar-refractivity contribution in [2.75, 3.05) is 44.3 Å². The van der Waals surface area contributed by atoms with Crippen molar-refractivity contribution < 1.29 is 24.2 Å². The lowest BCUT2D eigenvalue weighted by Crippen LogP contribution is -2.50. The molecule has 0 aromatic heterocycles. The summed E-state index contributed by atoms with van der Waals surface area (Å²) < 4.78 is 5.61. The highest BCUT2D eigenvalue weighted by Gasteiger charge is 2.33. The number of nitrogens with one attached hydrogen (secondary N) is 2. The molecule has 3 saturated heterocycles. The summed E-state index contributed by atoms with van der Waals surface area (Å²) in [6.45, 7) is 11.9. The highest BCUT2D eigenvalue weighted by Crippen LogP contribution is 2.36. The van der Waals surface area contributed by atoms with Gasteiger partial charge in [0, 0.05) is 62.7 Å². The van der Waals surface area contributed by atoms with Gasteiger partial charge in [0.2, 0.25) is 5.91 Å². The van der Waals surface area contributed by atoms with Gasteiger partial charge in [-0.25, -0.2) is 4.79 Å². The van der Waals surface area contributed by atoms with Gasteiger partial charge < -0.3 is 30.3 Å². The number of hydrogen-bond acceptors (Lipinski definition) is 5. The molecule has 3 fully saturated rings. The molecule has 3 atom stereocenters. The molecule has 4 rings (SSSR count). The minimum Gasteiger partial charge on any atom is -0.465 e. The first-order valence-corrected chi connectivity index (χ1v) is 14.2. The zero-order chi connectivity index (χ0) is 27.4. The van der Waals surface area contributed by atoms with Gasteiger partial charge in [0.15, 0.2) is 0 Å². The Hall–Kier alpha value is -2.81. The lowest BCUT2D eigenvalue weighted by molar-refractivity contribution is -0.129. The Balaban J connectivity index is 1.61. The minimum atomic E-state index is -0.875. The molecule has 9 heteroatoms. The molecule has 9 nitrogen and oxygen atoms in total. The largest absolute Gasteiger partial charge is 0.465 e. The van der Waals surface area contributed by atoms with Crippen LogP contribution in [-0.2, 0) is 9.53 Å². The molecular formula is C29H44N4O5. The highest BCUT2D eigenvalue weighted by atomic mass is 16.5. The number of amides is 3. The first-order chi connectivity index (χ1) is 18.2. The van der Waals surface area contributed by atoms with Crippen LogP contribution < -0.4 is 15.5 Å². The number of ether oxygens (including phenoxy) is 1. The average Bonchev–Trinajstić information content (AvgIpc) is 2.90. The van der Waals surface area contributed by atoms with Crippen LogP contribution in [0.15, 0.2) is 12.1 Å². The molecular weight excluding hydrogens is 484 g/mol. The van der Waals surface area contributed by atoms with E-state index in [1.54, 1.807) is 0 Å². The number of benzene rings is 1. The molecule has 210 valence electrons.